The van der Waals surface area contributed by atoms with Gasteiger partial charge in [0.05, 0.1) is 5.60 Å². The van der Waals surface area contributed by atoms with Gasteiger partial charge in [-0.25, -0.2) is 4.79 Å². The molecule has 0 saturated carbocycles. The second kappa shape index (κ2) is 7.36. The van der Waals surface area contributed by atoms with E-state index in [1.165, 1.54) is 0 Å². The summed E-state index contributed by atoms with van der Waals surface area (Å²) in [7, 11) is 0. The van der Waals surface area contributed by atoms with Crippen molar-refractivity contribution in [2.24, 2.45) is 5.92 Å². The molecule has 0 aliphatic carbocycles. The van der Waals surface area contributed by atoms with Crippen LogP contribution in [0.3, 0.4) is 0 Å². The van der Waals surface area contributed by atoms with Gasteiger partial charge in [-0.2, -0.15) is 0 Å². The Hall–Kier alpha value is -0.850. The van der Waals surface area contributed by atoms with E-state index in [0.29, 0.717) is 45.1 Å². The van der Waals surface area contributed by atoms with Crippen LogP contribution in [0.4, 0.5) is 4.79 Å². The summed E-state index contributed by atoms with van der Waals surface area (Å²) in [4.78, 5) is 15.3. The van der Waals surface area contributed by atoms with Gasteiger partial charge in [-0.05, 0) is 52.6 Å². The lowest BCUT2D eigenvalue weighted by atomic mass is 9.90. The fourth-order valence-electron chi connectivity index (χ4n) is 3.55. The van der Waals surface area contributed by atoms with Gasteiger partial charge < -0.3 is 24.7 Å². The third-order valence-corrected chi connectivity index (χ3v) is 5.13. The third kappa shape index (κ3) is 5.33. The maximum absolute atomic E-state index is 11.5. The standard InChI is InChI=1S/C17H32N2O4/c1-16(2,3)19(15(20)21)12-14-4-8-18(9-5-14)13-17(22)6-10-23-11-7-17/h14,22H,4-13H2,1-3H3,(H,20,21). The molecule has 2 N–H and O–H groups in total. The van der Waals surface area contributed by atoms with Crippen LogP contribution in [0.1, 0.15) is 46.5 Å². The lowest BCUT2D eigenvalue weighted by Crippen LogP contribution is -2.51. The van der Waals surface area contributed by atoms with Crippen molar-refractivity contribution in [3.05, 3.63) is 0 Å². The van der Waals surface area contributed by atoms with Crippen molar-refractivity contribution in [2.75, 3.05) is 39.4 Å². The van der Waals surface area contributed by atoms with E-state index in [4.69, 9.17) is 4.74 Å². The van der Waals surface area contributed by atoms with Crippen LogP contribution in [0, 0.1) is 5.92 Å². The molecule has 0 unspecified atom stereocenters. The smallest absolute Gasteiger partial charge is 0.407 e. The fourth-order valence-corrected chi connectivity index (χ4v) is 3.55. The number of carboxylic acid groups (broad SMARTS) is 1. The maximum Gasteiger partial charge on any atom is 0.407 e. The Balaban J connectivity index is 1.80. The Labute approximate surface area is 139 Å². The highest BCUT2D eigenvalue weighted by Gasteiger charge is 2.34. The van der Waals surface area contributed by atoms with Gasteiger partial charge in [-0.15, -0.1) is 0 Å². The average molecular weight is 328 g/mol. The van der Waals surface area contributed by atoms with Crippen LogP contribution < -0.4 is 0 Å². The number of β-amino-alcohol motifs (C(OH)–C–C–N with tert-alkyl or cyclic N) is 1. The molecule has 2 fully saturated rings. The summed E-state index contributed by atoms with van der Waals surface area (Å²) in [6.45, 7) is 10.3. The first-order valence-electron chi connectivity index (χ1n) is 8.73. The summed E-state index contributed by atoms with van der Waals surface area (Å²) >= 11 is 0. The molecule has 2 heterocycles. The predicted octanol–water partition coefficient (Wildman–Crippen LogP) is 2.02. The van der Waals surface area contributed by atoms with E-state index in [-0.39, 0.29) is 5.54 Å². The topological polar surface area (TPSA) is 73.2 Å². The summed E-state index contributed by atoms with van der Waals surface area (Å²) in [6, 6.07) is 0. The van der Waals surface area contributed by atoms with Crippen molar-refractivity contribution in [3.8, 4) is 0 Å². The number of piperidine rings is 1. The summed E-state index contributed by atoms with van der Waals surface area (Å²) in [6.07, 6.45) is 2.57. The van der Waals surface area contributed by atoms with Crippen molar-refractivity contribution >= 4 is 6.09 Å². The van der Waals surface area contributed by atoms with E-state index in [9.17, 15) is 15.0 Å². The molecular formula is C17H32N2O4. The summed E-state index contributed by atoms with van der Waals surface area (Å²) in [5.74, 6) is 0.408. The second-order valence-electron chi connectivity index (χ2n) is 8.12. The molecule has 0 bridgehead atoms. The monoisotopic (exact) mass is 328 g/mol. The lowest BCUT2D eigenvalue weighted by molar-refractivity contribution is -0.0833. The Kier molecular flexibility index (Phi) is 5.92. The lowest BCUT2D eigenvalue weighted by Gasteiger charge is -2.42. The normalized spacial score (nSPS) is 23.7. The van der Waals surface area contributed by atoms with Crippen LogP contribution in [0.5, 0.6) is 0 Å². The first-order chi connectivity index (χ1) is 10.7. The molecule has 1 amide bonds. The zero-order valence-electron chi connectivity index (χ0n) is 14.8. The first-order valence-corrected chi connectivity index (χ1v) is 8.73. The SMILES string of the molecule is CC(C)(C)N(CC1CCN(CC2(O)CCOCC2)CC1)C(=O)O. The van der Waals surface area contributed by atoms with Crippen molar-refractivity contribution < 1.29 is 19.7 Å². The Bertz CT molecular complexity index is 394. The summed E-state index contributed by atoms with van der Waals surface area (Å²) in [5.41, 5.74) is -0.968. The number of rotatable bonds is 4. The Morgan fingerprint density at radius 3 is 2.30 bits per heavy atom. The molecular weight excluding hydrogens is 296 g/mol. The van der Waals surface area contributed by atoms with Crippen LogP contribution in [-0.2, 0) is 4.74 Å². The van der Waals surface area contributed by atoms with Gasteiger partial charge in [0.1, 0.15) is 0 Å². The summed E-state index contributed by atoms with van der Waals surface area (Å²) in [5, 5.41) is 20.0. The first kappa shape index (κ1) is 18.5. The van der Waals surface area contributed by atoms with Gasteiger partial charge in [0.2, 0.25) is 0 Å². The zero-order valence-corrected chi connectivity index (χ0v) is 14.8. The number of nitrogens with zero attached hydrogens (tertiary/aromatic N) is 2. The molecule has 2 saturated heterocycles. The molecule has 0 aromatic rings. The van der Waals surface area contributed by atoms with Crippen LogP contribution in [-0.4, -0.2) is 76.6 Å². The molecule has 6 nitrogen and oxygen atoms in total. The Morgan fingerprint density at radius 1 is 1.26 bits per heavy atom. The molecule has 0 spiro atoms. The van der Waals surface area contributed by atoms with Crippen LogP contribution in [0.25, 0.3) is 0 Å². The molecule has 0 radical (unpaired) electrons. The molecule has 23 heavy (non-hydrogen) atoms. The largest absolute Gasteiger partial charge is 0.465 e. The number of hydrogen-bond acceptors (Lipinski definition) is 4. The van der Waals surface area contributed by atoms with E-state index in [1.807, 2.05) is 20.8 Å². The highest BCUT2D eigenvalue weighted by molar-refractivity contribution is 5.66. The van der Waals surface area contributed by atoms with Gasteiger partial charge in [0, 0.05) is 44.7 Å². The molecule has 2 aliphatic rings. The number of amides is 1. The molecule has 0 atom stereocenters. The number of aliphatic hydroxyl groups is 1. The van der Waals surface area contributed by atoms with E-state index in [2.05, 4.69) is 4.90 Å². The third-order valence-electron chi connectivity index (χ3n) is 5.13. The van der Waals surface area contributed by atoms with E-state index in [0.717, 1.165) is 25.9 Å². The van der Waals surface area contributed by atoms with Gasteiger partial charge in [-0.1, -0.05) is 0 Å². The number of carbonyl (C=O) groups is 1. The van der Waals surface area contributed by atoms with Gasteiger partial charge in [0.15, 0.2) is 0 Å². The second-order valence-corrected chi connectivity index (χ2v) is 8.12. The molecule has 6 heteroatoms. The van der Waals surface area contributed by atoms with Crippen LogP contribution in [0.2, 0.25) is 0 Å². The molecule has 0 aromatic carbocycles. The minimum Gasteiger partial charge on any atom is -0.465 e. The molecule has 2 rings (SSSR count). The van der Waals surface area contributed by atoms with Crippen molar-refractivity contribution in [1.29, 1.82) is 0 Å². The molecule has 134 valence electrons. The van der Waals surface area contributed by atoms with Crippen molar-refractivity contribution in [1.82, 2.24) is 9.80 Å². The van der Waals surface area contributed by atoms with Crippen LogP contribution >= 0.6 is 0 Å². The highest BCUT2D eigenvalue weighted by Crippen LogP contribution is 2.26. The maximum atomic E-state index is 11.5. The zero-order chi connectivity index (χ0) is 17.1. The van der Waals surface area contributed by atoms with E-state index >= 15 is 0 Å². The number of ether oxygens (including phenoxy) is 1. The summed E-state index contributed by atoms with van der Waals surface area (Å²) < 4.78 is 5.33. The van der Waals surface area contributed by atoms with Gasteiger partial charge in [0.25, 0.3) is 0 Å². The van der Waals surface area contributed by atoms with Gasteiger partial charge >= 0.3 is 6.09 Å². The van der Waals surface area contributed by atoms with E-state index < -0.39 is 11.7 Å². The molecule has 2 aliphatic heterocycles. The van der Waals surface area contributed by atoms with Crippen LogP contribution in [0.15, 0.2) is 0 Å². The number of hydrogen-bond donors (Lipinski definition) is 2. The number of likely N-dealkylation sites (tertiary alicyclic amines) is 1. The van der Waals surface area contributed by atoms with Crippen molar-refractivity contribution in [3.63, 3.8) is 0 Å². The minimum atomic E-state index is -0.837. The highest BCUT2D eigenvalue weighted by atomic mass is 16.5. The molecule has 0 aromatic heterocycles. The quantitative estimate of drug-likeness (QED) is 0.826. The predicted molar refractivity (Wildman–Crippen MR) is 88.7 cm³/mol. The fraction of sp³-hybridized carbons (Fsp3) is 0.941. The average Bonchev–Trinajstić information content (AvgIpc) is 2.45. The Morgan fingerprint density at radius 2 is 1.83 bits per heavy atom. The minimum absolute atomic E-state index is 0.361. The van der Waals surface area contributed by atoms with Crippen molar-refractivity contribution in [2.45, 2.75) is 57.6 Å². The van der Waals surface area contributed by atoms with Gasteiger partial charge in [-0.3, -0.25) is 0 Å². The van der Waals surface area contributed by atoms with E-state index in [1.54, 1.807) is 4.90 Å².